The summed E-state index contributed by atoms with van der Waals surface area (Å²) in [4.78, 5) is 15.1. The number of benzene rings is 4. The molecule has 0 unspecified atom stereocenters. The average molecular weight is 354 g/mol. The first kappa shape index (κ1) is 16.6. The molecule has 1 nitrogen and oxygen atoms in total. The van der Waals surface area contributed by atoms with Gasteiger partial charge in [0.1, 0.15) is 0 Å². The van der Waals surface area contributed by atoms with Gasteiger partial charge in [-0.2, -0.15) is 0 Å². The van der Waals surface area contributed by atoms with Gasteiger partial charge in [-0.3, -0.25) is 4.79 Å². The fraction of sp³-hybridized carbons (Fsp3) is 0.0417. The first-order valence-corrected chi connectivity index (χ1v) is 9.39. The highest BCUT2D eigenvalue weighted by atomic mass is 32.2. The number of hydrogen-bond acceptors (Lipinski definition) is 2. The molecule has 0 amide bonds. The third-order valence-corrected chi connectivity index (χ3v) is 5.40. The number of ketones is 1. The largest absolute Gasteiger partial charge is 0.289 e. The normalized spacial score (nSPS) is 10.8. The maximum Gasteiger partial charge on any atom is 0.193 e. The zero-order valence-corrected chi connectivity index (χ0v) is 15.3. The minimum atomic E-state index is 0.0580. The van der Waals surface area contributed by atoms with Gasteiger partial charge in [0.05, 0.1) is 0 Å². The molecule has 4 aromatic rings. The van der Waals surface area contributed by atoms with Crippen LogP contribution in [0.5, 0.6) is 0 Å². The van der Waals surface area contributed by atoms with E-state index in [1.807, 2.05) is 60.7 Å². The van der Waals surface area contributed by atoms with Crippen molar-refractivity contribution in [2.45, 2.75) is 16.7 Å². The summed E-state index contributed by atoms with van der Waals surface area (Å²) in [7, 11) is 0. The summed E-state index contributed by atoms with van der Waals surface area (Å²) in [5, 5.41) is 2.23. The van der Waals surface area contributed by atoms with E-state index in [1.54, 1.807) is 11.8 Å². The van der Waals surface area contributed by atoms with Crippen LogP contribution in [0, 0.1) is 6.92 Å². The molecule has 0 saturated carbocycles. The van der Waals surface area contributed by atoms with E-state index in [1.165, 1.54) is 10.5 Å². The Bertz CT molecular complexity index is 1060. The van der Waals surface area contributed by atoms with Crippen molar-refractivity contribution in [2.24, 2.45) is 0 Å². The van der Waals surface area contributed by atoms with Gasteiger partial charge in [0.2, 0.25) is 0 Å². The molecule has 4 rings (SSSR count). The summed E-state index contributed by atoms with van der Waals surface area (Å²) in [6.07, 6.45) is 0. The van der Waals surface area contributed by atoms with E-state index in [0.29, 0.717) is 5.56 Å². The van der Waals surface area contributed by atoms with Gasteiger partial charge >= 0.3 is 0 Å². The summed E-state index contributed by atoms with van der Waals surface area (Å²) in [6.45, 7) is 2.08. The highest BCUT2D eigenvalue weighted by Gasteiger charge is 2.10. The Morgan fingerprint density at radius 1 is 0.654 bits per heavy atom. The van der Waals surface area contributed by atoms with Crippen LogP contribution in [-0.2, 0) is 0 Å². The number of carbonyl (C=O) groups is 1. The third-order valence-electron chi connectivity index (χ3n) is 4.38. The molecule has 0 fully saturated rings. The molecule has 0 aliphatic carbocycles. The number of aryl methyl sites for hydroxylation is 1. The summed E-state index contributed by atoms with van der Waals surface area (Å²) in [5.41, 5.74) is 2.70. The van der Waals surface area contributed by atoms with Crippen LogP contribution in [0.2, 0.25) is 0 Å². The minimum Gasteiger partial charge on any atom is -0.289 e. The maximum absolute atomic E-state index is 12.8. The fourth-order valence-corrected chi connectivity index (χ4v) is 3.73. The summed E-state index contributed by atoms with van der Waals surface area (Å²) >= 11 is 1.70. The van der Waals surface area contributed by atoms with Crippen molar-refractivity contribution in [1.29, 1.82) is 0 Å². The predicted octanol–water partition coefficient (Wildman–Crippen LogP) is 6.53. The van der Waals surface area contributed by atoms with Crippen LogP contribution in [0.25, 0.3) is 10.8 Å². The van der Waals surface area contributed by atoms with E-state index in [9.17, 15) is 4.79 Å². The summed E-state index contributed by atoms with van der Waals surface area (Å²) in [6, 6.07) is 30.3. The molecule has 0 bridgehead atoms. The standard InChI is InChI=1S/C24H18OS/c1-17-6-12-22(13-7-17)26-23-14-10-19(11-15-23)24(25)21-9-8-18-4-2-3-5-20(18)16-21/h2-16H,1H3. The van der Waals surface area contributed by atoms with E-state index in [2.05, 4.69) is 37.3 Å². The molecular formula is C24H18OS. The van der Waals surface area contributed by atoms with Gasteiger partial charge in [0, 0.05) is 20.9 Å². The summed E-state index contributed by atoms with van der Waals surface area (Å²) in [5.74, 6) is 0.0580. The van der Waals surface area contributed by atoms with Crippen LogP contribution in [0.15, 0.2) is 101 Å². The van der Waals surface area contributed by atoms with E-state index < -0.39 is 0 Å². The Balaban J connectivity index is 1.55. The Hall–Kier alpha value is -2.84. The number of rotatable bonds is 4. The van der Waals surface area contributed by atoms with Crippen LogP contribution < -0.4 is 0 Å². The van der Waals surface area contributed by atoms with Crippen LogP contribution >= 0.6 is 11.8 Å². The van der Waals surface area contributed by atoms with Crippen molar-refractivity contribution < 1.29 is 4.79 Å². The molecule has 0 saturated heterocycles. The van der Waals surface area contributed by atoms with Crippen LogP contribution in [0.3, 0.4) is 0 Å². The smallest absolute Gasteiger partial charge is 0.193 e. The maximum atomic E-state index is 12.8. The second kappa shape index (κ2) is 7.19. The highest BCUT2D eigenvalue weighted by molar-refractivity contribution is 7.99. The van der Waals surface area contributed by atoms with Gasteiger partial charge in [-0.1, -0.05) is 65.9 Å². The quantitative estimate of drug-likeness (QED) is 0.388. The SMILES string of the molecule is Cc1ccc(Sc2ccc(C(=O)c3ccc4ccccc4c3)cc2)cc1. The van der Waals surface area contributed by atoms with Gasteiger partial charge in [0.25, 0.3) is 0 Å². The van der Waals surface area contributed by atoms with Crippen LogP contribution in [-0.4, -0.2) is 5.78 Å². The molecule has 0 N–H and O–H groups in total. The lowest BCUT2D eigenvalue weighted by Gasteiger charge is -2.06. The Morgan fingerprint density at radius 2 is 1.23 bits per heavy atom. The van der Waals surface area contributed by atoms with Gasteiger partial charge in [0.15, 0.2) is 5.78 Å². The van der Waals surface area contributed by atoms with Crippen molar-refractivity contribution in [3.63, 3.8) is 0 Å². The van der Waals surface area contributed by atoms with Gasteiger partial charge in [-0.25, -0.2) is 0 Å². The molecule has 4 aromatic carbocycles. The second-order valence-corrected chi connectivity index (χ2v) is 7.48. The third kappa shape index (κ3) is 3.56. The first-order valence-electron chi connectivity index (χ1n) is 8.57. The highest BCUT2D eigenvalue weighted by Crippen LogP contribution is 2.28. The Kier molecular flexibility index (Phi) is 4.59. The monoisotopic (exact) mass is 354 g/mol. The molecule has 0 aliphatic heterocycles. The van der Waals surface area contributed by atoms with Crippen molar-refractivity contribution in [3.05, 3.63) is 108 Å². The van der Waals surface area contributed by atoms with Crippen molar-refractivity contribution >= 4 is 28.3 Å². The van der Waals surface area contributed by atoms with Crippen LogP contribution in [0.4, 0.5) is 0 Å². The lowest BCUT2D eigenvalue weighted by atomic mass is 10.00. The van der Waals surface area contributed by atoms with E-state index in [4.69, 9.17) is 0 Å². The minimum absolute atomic E-state index is 0.0580. The Morgan fingerprint density at radius 3 is 1.92 bits per heavy atom. The molecule has 0 atom stereocenters. The molecule has 126 valence electrons. The van der Waals surface area contributed by atoms with Crippen molar-refractivity contribution in [1.82, 2.24) is 0 Å². The molecule has 0 spiro atoms. The second-order valence-electron chi connectivity index (χ2n) is 6.33. The topological polar surface area (TPSA) is 17.1 Å². The molecular weight excluding hydrogens is 336 g/mol. The van der Waals surface area contributed by atoms with E-state index >= 15 is 0 Å². The van der Waals surface area contributed by atoms with Gasteiger partial charge in [-0.15, -0.1) is 0 Å². The Labute approximate surface area is 157 Å². The molecule has 0 heterocycles. The zero-order valence-electron chi connectivity index (χ0n) is 14.5. The van der Waals surface area contributed by atoms with E-state index in [-0.39, 0.29) is 5.78 Å². The van der Waals surface area contributed by atoms with Crippen LogP contribution in [0.1, 0.15) is 21.5 Å². The fourth-order valence-electron chi connectivity index (χ4n) is 2.91. The molecule has 0 aliphatic rings. The molecule has 26 heavy (non-hydrogen) atoms. The number of carbonyl (C=O) groups excluding carboxylic acids is 1. The number of hydrogen-bond donors (Lipinski definition) is 0. The summed E-state index contributed by atoms with van der Waals surface area (Å²) < 4.78 is 0. The molecule has 0 radical (unpaired) electrons. The van der Waals surface area contributed by atoms with Crippen molar-refractivity contribution in [3.8, 4) is 0 Å². The molecule has 2 heteroatoms. The zero-order chi connectivity index (χ0) is 17.9. The predicted molar refractivity (Wildman–Crippen MR) is 109 cm³/mol. The van der Waals surface area contributed by atoms with E-state index in [0.717, 1.165) is 21.2 Å². The van der Waals surface area contributed by atoms with Gasteiger partial charge in [-0.05, 0) is 60.2 Å². The number of fused-ring (bicyclic) bond motifs is 1. The lowest BCUT2D eigenvalue weighted by Crippen LogP contribution is -2.00. The van der Waals surface area contributed by atoms with Gasteiger partial charge < -0.3 is 0 Å². The molecule has 0 aromatic heterocycles. The first-order chi connectivity index (χ1) is 12.7. The van der Waals surface area contributed by atoms with Crippen molar-refractivity contribution in [2.75, 3.05) is 0 Å². The average Bonchev–Trinajstić information content (AvgIpc) is 2.69. The lowest BCUT2D eigenvalue weighted by molar-refractivity contribution is 0.103.